The highest BCUT2D eigenvalue weighted by Crippen LogP contribution is 2.59. The van der Waals surface area contributed by atoms with Gasteiger partial charge in [0.15, 0.2) is 0 Å². The third kappa shape index (κ3) is 4.52. The number of rotatable bonds is 8. The van der Waals surface area contributed by atoms with Crippen LogP contribution in [-0.4, -0.2) is 6.72 Å². The van der Waals surface area contributed by atoms with Gasteiger partial charge in [-0.15, -0.1) is 0 Å². The van der Waals surface area contributed by atoms with Crippen molar-refractivity contribution in [2.24, 2.45) is 4.99 Å². The van der Waals surface area contributed by atoms with Crippen LogP contribution in [0.1, 0.15) is 85.8 Å². The zero-order chi connectivity index (χ0) is 28.4. The van der Waals surface area contributed by atoms with E-state index in [4.69, 9.17) is 0 Å². The minimum atomic E-state index is -0.288. The van der Waals surface area contributed by atoms with Crippen molar-refractivity contribution in [1.29, 1.82) is 0 Å². The smallest absolute Gasteiger partial charge is 0.0709 e. The Hall–Kier alpha value is -3.97. The van der Waals surface area contributed by atoms with Crippen LogP contribution in [0.3, 0.4) is 0 Å². The molecule has 3 aliphatic carbocycles. The molecule has 3 aliphatic rings. The molecule has 1 atom stereocenters. The lowest BCUT2D eigenvalue weighted by Crippen LogP contribution is -2.31. The van der Waals surface area contributed by atoms with E-state index in [0.717, 1.165) is 50.6 Å². The maximum Gasteiger partial charge on any atom is 0.0709 e. The Morgan fingerprint density at radius 3 is 2.29 bits per heavy atom. The lowest BCUT2D eigenvalue weighted by molar-refractivity contribution is 0.724. The number of fused-ring (bicyclic) bond motifs is 2. The lowest BCUT2D eigenvalue weighted by Gasteiger charge is -2.38. The van der Waals surface area contributed by atoms with Gasteiger partial charge in [0, 0.05) is 5.56 Å². The quantitative estimate of drug-likeness (QED) is 0.254. The van der Waals surface area contributed by atoms with Crippen LogP contribution < -0.4 is 0 Å². The van der Waals surface area contributed by atoms with Crippen LogP contribution in [0.5, 0.6) is 0 Å². The van der Waals surface area contributed by atoms with Gasteiger partial charge in [-0.2, -0.15) is 0 Å². The molecule has 1 unspecified atom stereocenters. The van der Waals surface area contributed by atoms with Gasteiger partial charge in [-0.1, -0.05) is 116 Å². The van der Waals surface area contributed by atoms with Gasteiger partial charge in [0.2, 0.25) is 0 Å². The molecule has 0 bridgehead atoms. The zero-order valence-electron chi connectivity index (χ0n) is 24.8. The number of allylic oxidation sites excluding steroid dienone is 9. The van der Waals surface area contributed by atoms with Crippen molar-refractivity contribution in [2.45, 2.75) is 71.1 Å². The normalized spacial score (nSPS) is 20.2. The van der Waals surface area contributed by atoms with Crippen LogP contribution in [0.4, 0.5) is 0 Å². The first-order valence-corrected chi connectivity index (χ1v) is 15.3. The summed E-state index contributed by atoms with van der Waals surface area (Å²) in [7, 11) is 0. The van der Waals surface area contributed by atoms with Gasteiger partial charge in [-0.05, 0) is 109 Å². The number of aryl methyl sites for hydroxylation is 1. The van der Waals surface area contributed by atoms with Crippen LogP contribution in [0, 0.1) is 6.92 Å². The van der Waals surface area contributed by atoms with Crippen molar-refractivity contribution in [1.82, 2.24) is 0 Å². The van der Waals surface area contributed by atoms with Crippen molar-refractivity contribution in [3.8, 4) is 0 Å². The van der Waals surface area contributed by atoms with Crippen molar-refractivity contribution in [3.63, 3.8) is 0 Å². The van der Waals surface area contributed by atoms with Crippen molar-refractivity contribution in [3.05, 3.63) is 153 Å². The number of benzene rings is 3. The van der Waals surface area contributed by atoms with E-state index in [1.54, 1.807) is 0 Å². The minimum absolute atomic E-state index is 0.288. The average Bonchev–Trinajstić information content (AvgIpc) is 3.31. The van der Waals surface area contributed by atoms with E-state index in [-0.39, 0.29) is 5.41 Å². The Morgan fingerprint density at radius 1 is 0.829 bits per heavy atom. The maximum absolute atomic E-state index is 4.66. The lowest BCUT2D eigenvalue weighted by atomic mass is 9.63. The molecule has 0 spiro atoms. The summed E-state index contributed by atoms with van der Waals surface area (Å²) in [4.78, 5) is 4.66. The Morgan fingerprint density at radius 2 is 1.56 bits per heavy atom. The van der Waals surface area contributed by atoms with E-state index in [1.165, 1.54) is 61.2 Å². The molecular formula is C40H41N. The van der Waals surface area contributed by atoms with Crippen LogP contribution in [0.2, 0.25) is 0 Å². The van der Waals surface area contributed by atoms with Gasteiger partial charge >= 0.3 is 0 Å². The minimum Gasteiger partial charge on any atom is -0.264 e. The monoisotopic (exact) mass is 535 g/mol. The summed E-state index contributed by atoms with van der Waals surface area (Å²) in [5.74, 6) is 0. The molecule has 1 nitrogen and oxygen atoms in total. The van der Waals surface area contributed by atoms with E-state index in [9.17, 15) is 0 Å². The van der Waals surface area contributed by atoms with Crippen LogP contribution in [0.15, 0.2) is 124 Å². The highest BCUT2D eigenvalue weighted by Gasteiger charge is 2.49. The fraction of sp³-hybridized carbons (Fsp3) is 0.275. The zero-order valence-corrected chi connectivity index (χ0v) is 24.8. The van der Waals surface area contributed by atoms with E-state index >= 15 is 0 Å². The molecule has 0 aliphatic heterocycles. The molecule has 0 aromatic heterocycles. The van der Waals surface area contributed by atoms with Gasteiger partial charge in [0.05, 0.1) is 11.1 Å². The number of nitrogens with zero attached hydrogens (tertiary/aromatic N) is 1. The van der Waals surface area contributed by atoms with Crippen LogP contribution >= 0.6 is 0 Å². The second-order valence-electron chi connectivity index (χ2n) is 11.8. The molecule has 0 radical (unpaired) electrons. The van der Waals surface area contributed by atoms with Gasteiger partial charge < -0.3 is 0 Å². The van der Waals surface area contributed by atoms with Gasteiger partial charge in [0.25, 0.3) is 0 Å². The van der Waals surface area contributed by atoms with Gasteiger partial charge in [-0.3, -0.25) is 4.99 Å². The molecule has 41 heavy (non-hydrogen) atoms. The molecule has 0 N–H and O–H groups in total. The summed E-state index contributed by atoms with van der Waals surface area (Å²) in [5, 5.41) is 0. The van der Waals surface area contributed by atoms with E-state index in [2.05, 4.69) is 130 Å². The molecule has 0 saturated carbocycles. The van der Waals surface area contributed by atoms with Crippen molar-refractivity contribution in [2.75, 3.05) is 0 Å². The summed E-state index contributed by atoms with van der Waals surface area (Å²) in [6.07, 6.45) is 17.0. The largest absolute Gasteiger partial charge is 0.264 e. The first-order valence-electron chi connectivity index (χ1n) is 15.3. The molecule has 206 valence electrons. The van der Waals surface area contributed by atoms with Gasteiger partial charge in [-0.25, -0.2) is 0 Å². The van der Waals surface area contributed by atoms with E-state index in [1.807, 2.05) is 0 Å². The molecule has 3 aromatic carbocycles. The Labute approximate surface area is 246 Å². The SMILES string of the molecule is C=N/C(=C(/CCC)Cc1cccc2c1C1=C(C=CCC1)C2(C1=C(C)CCC=C1)c1ccccc1)c1ccccc1C. The number of hydrogen-bond acceptors (Lipinski definition) is 1. The summed E-state index contributed by atoms with van der Waals surface area (Å²) in [6, 6.07) is 26.9. The molecular weight excluding hydrogens is 494 g/mol. The van der Waals surface area contributed by atoms with E-state index < -0.39 is 0 Å². The second-order valence-corrected chi connectivity index (χ2v) is 11.8. The average molecular weight is 536 g/mol. The highest BCUT2D eigenvalue weighted by atomic mass is 14.7. The predicted octanol–water partition coefficient (Wildman–Crippen LogP) is 10.5. The fourth-order valence-corrected chi connectivity index (χ4v) is 7.55. The molecule has 1 heteroatoms. The maximum atomic E-state index is 4.66. The Bertz CT molecular complexity index is 1640. The highest BCUT2D eigenvalue weighted by molar-refractivity contribution is 5.90. The third-order valence-electron chi connectivity index (χ3n) is 9.32. The molecule has 0 saturated heterocycles. The number of hydrogen-bond donors (Lipinski definition) is 0. The summed E-state index contributed by atoms with van der Waals surface area (Å²) < 4.78 is 0. The fourth-order valence-electron chi connectivity index (χ4n) is 7.55. The summed E-state index contributed by atoms with van der Waals surface area (Å²) in [6.45, 7) is 10.9. The Kier molecular flexibility index (Phi) is 7.63. The van der Waals surface area contributed by atoms with Crippen LogP contribution in [-0.2, 0) is 11.8 Å². The molecule has 3 aromatic rings. The standard InChI is InChI=1S/C40H41N/c1-5-16-31(39(41-4)33-22-11-9-17-28(33)2)27-30-19-15-26-37-38(30)34-23-12-14-25-36(34)40(37,32-20-7-6-8-21-32)35-24-13-10-18-29(35)3/h6-9,11,13-15,17,19-22,24-26H,4-5,10,12,16,18,23,27H2,1-3H3/b39-31-. The van der Waals surface area contributed by atoms with Gasteiger partial charge in [0.1, 0.15) is 0 Å². The molecule has 0 amide bonds. The first kappa shape index (κ1) is 27.2. The van der Waals surface area contributed by atoms with Crippen molar-refractivity contribution >= 4 is 18.0 Å². The third-order valence-corrected chi connectivity index (χ3v) is 9.32. The first-order chi connectivity index (χ1) is 20.1. The molecule has 6 rings (SSSR count). The molecule has 0 fully saturated rings. The van der Waals surface area contributed by atoms with E-state index in [0.29, 0.717) is 0 Å². The summed E-state index contributed by atoms with van der Waals surface area (Å²) in [5.41, 5.74) is 16.3. The number of aliphatic imine (C=N–C) groups is 1. The topological polar surface area (TPSA) is 12.4 Å². The predicted molar refractivity (Wildman–Crippen MR) is 176 cm³/mol. The summed E-state index contributed by atoms with van der Waals surface area (Å²) >= 11 is 0. The second kappa shape index (κ2) is 11.5. The van der Waals surface area contributed by atoms with Crippen molar-refractivity contribution < 1.29 is 0 Å². The van der Waals surface area contributed by atoms with Crippen LogP contribution in [0.25, 0.3) is 11.3 Å². The molecule has 0 heterocycles. The Balaban J connectivity index is 1.62.